The molecule has 1 atom stereocenters. The number of hydrogen-bond acceptors (Lipinski definition) is 2. The standard InChI is InChI=1S/C12H18ClNO2S/c1-8(2)10(4)14-17(15,16)12-6-5-9(3)7-11(12)13/h5-8,10,14H,1-4H3. The van der Waals surface area contributed by atoms with Gasteiger partial charge in [0.15, 0.2) is 0 Å². The summed E-state index contributed by atoms with van der Waals surface area (Å²) in [6, 6.07) is 4.79. The summed E-state index contributed by atoms with van der Waals surface area (Å²) in [6.07, 6.45) is 0. The highest BCUT2D eigenvalue weighted by molar-refractivity contribution is 7.89. The van der Waals surface area contributed by atoms with Crippen molar-refractivity contribution >= 4 is 21.6 Å². The van der Waals surface area contributed by atoms with Crippen LogP contribution in [0.4, 0.5) is 0 Å². The Morgan fingerprint density at radius 3 is 2.29 bits per heavy atom. The Labute approximate surface area is 108 Å². The maximum absolute atomic E-state index is 12.1. The largest absolute Gasteiger partial charge is 0.242 e. The summed E-state index contributed by atoms with van der Waals surface area (Å²) < 4.78 is 26.8. The molecule has 17 heavy (non-hydrogen) atoms. The van der Waals surface area contributed by atoms with Crippen molar-refractivity contribution in [3.63, 3.8) is 0 Å². The SMILES string of the molecule is Cc1ccc(S(=O)(=O)NC(C)C(C)C)c(Cl)c1. The fourth-order valence-corrected chi connectivity index (χ4v) is 3.26. The summed E-state index contributed by atoms with van der Waals surface area (Å²) in [4.78, 5) is 0.136. The predicted molar refractivity (Wildman–Crippen MR) is 70.8 cm³/mol. The first-order valence-electron chi connectivity index (χ1n) is 5.52. The average Bonchev–Trinajstić information content (AvgIpc) is 2.15. The lowest BCUT2D eigenvalue weighted by Gasteiger charge is -2.18. The van der Waals surface area contributed by atoms with Gasteiger partial charge in [-0.25, -0.2) is 13.1 Å². The Balaban J connectivity index is 3.06. The van der Waals surface area contributed by atoms with Crippen molar-refractivity contribution < 1.29 is 8.42 Å². The summed E-state index contributed by atoms with van der Waals surface area (Å²) >= 11 is 5.96. The molecule has 1 aromatic rings. The number of hydrogen-bond donors (Lipinski definition) is 1. The number of sulfonamides is 1. The summed E-state index contributed by atoms with van der Waals surface area (Å²) in [5.74, 6) is 0.231. The molecule has 5 heteroatoms. The molecule has 1 aromatic carbocycles. The van der Waals surface area contributed by atoms with E-state index in [9.17, 15) is 8.42 Å². The molecule has 1 N–H and O–H groups in total. The van der Waals surface area contributed by atoms with Crippen LogP contribution in [0.5, 0.6) is 0 Å². The zero-order chi connectivity index (χ0) is 13.2. The van der Waals surface area contributed by atoms with Crippen molar-refractivity contribution in [1.82, 2.24) is 4.72 Å². The summed E-state index contributed by atoms with van der Waals surface area (Å²) in [5.41, 5.74) is 0.936. The summed E-state index contributed by atoms with van der Waals surface area (Å²) in [5, 5.41) is 0.258. The van der Waals surface area contributed by atoms with Crippen LogP contribution in [0.1, 0.15) is 26.3 Å². The van der Waals surface area contributed by atoms with Gasteiger partial charge in [0, 0.05) is 6.04 Å². The second-order valence-corrected chi connectivity index (χ2v) is 6.68. The van der Waals surface area contributed by atoms with E-state index < -0.39 is 10.0 Å². The minimum absolute atomic E-state index is 0.127. The van der Waals surface area contributed by atoms with Crippen LogP contribution < -0.4 is 4.72 Å². The van der Waals surface area contributed by atoms with Crippen molar-refractivity contribution in [3.05, 3.63) is 28.8 Å². The summed E-state index contributed by atoms with van der Waals surface area (Å²) in [6.45, 7) is 7.63. The van der Waals surface area contributed by atoms with Gasteiger partial charge in [0.2, 0.25) is 10.0 Å². The first-order valence-corrected chi connectivity index (χ1v) is 7.38. The quantitative estimate of drug-likeness (QED) is 0.918. The van der Waals surface area contributed by atoms with E-state index in [1.165, 1.54) is 6.07 Å². The summed E-state index contributed by atoms with van der Waals surface area (Å²) in [7, 11) is -3.53. The van der Waals surface area contributed by atoms with Crippen LogP contribution in [0, 0.1) is 12.8 Å². The number of nitrogens with one attached hydrogen (secondary N) is 1. The minimum Gasteiger partial charge on any atom is -0.208 e. The smallest absolute Gasteiger partial charge is 0.208 e. The van der Waals surface area contributed by atoms with Crippen molar-refractivity contribution in [2.45, 2.75) is 38.6 Å². The van der Waals surface area contributed by atoms with E-state index in [2.05, 4.69) is 4.72 Å². The molecular weight excluding hydrogens is 258 g/mol. The van der Waals surface area contributed by atoms with Gasteiger partial charge in [0.05, 0.1) is 5.02 Å². The van der Waals surface area contributed by atoms with Crippen molar-refractivity contribution in [2.75, 3.05) is 0 Å². The van der Waals surface area contributed by atoms with E-state index in [0.29, 0.717) is 0 Å². The number of rotatable bonds is 4. The molecule has 1 rings (SSSR count). The first kappa shape index (κ1) is 14.5. The second kappa shape index (κ2) is 5.38. The first-order chi connectivity index (χ1) is 7.74. The van der Waals surface area contributed by atoms with Crippen LogP contribution in [-0.4, -0.2) is 14.5 Å². The molecule has 0 aliphatic heterocycles. The van der Waals surface area contributed by atoms with Crippen LogP contribution >= 0.6 is 11.6 Å². The van der Waals surface area contributed by atoms with Crippen LogP contribution in [0.2, 0.25) is 5.02 Å². The number of aryl methyl sites for hydroxylation is 1. The molecule has 0 amide bonds. The van der Waals surface area contributed by atoms with E-state index in [-0.39, 0.29) is 21.9 Å². The van der Waals surface area contributed by atoms with Crippen LogP contribution in [0.25, 0.3) is 0 Å². The van der Waals surface area contributed by atoms with Crippen molar-refractivity contribution in [2.24, 2.45) is 5.92 Å². The van der Waals surface area contributed by atoms with E-state index in [1.54, 1.807) is 12.1 Å². The molecule has 0 aliphatic carbocycles. The van der Waals surface area contributed by atoms with Crippen LogP contribution in [0.3, 0.4) is 0 Å². The molecule has 3 nitrogen and oxygen atoms in total. The molecule has 0 saturated carbocycles. The predicted octanol–water partition coefficient (Wildman–Crippen LogP) is 2.97. The second-order valence-electron chi connectivity index (χ2n) is 4.59. The molecule has 96 valence electrons. The lowest BCUT2D eigenvalue weighted by Crippen LogP contribution is -2.36. The van der Waals surface area contributed by atoms with Gasteiger partial charge in [0.1, 0.15) is 4.90 Å². The Kier molecular flexibility index (Phi) is 4.58. The van der Waals surface area contributed by atoms with E-state index in [0.717, 1.165) is 5.56 Å². The maximum Gasteiger partial charge on any atom is 0.242 e. The molecule has 0 heterocycles. The maximum atomic E-state index is 12.1. The molecule has 0 aliphatic rings. The molecule has 0 bridgehead atoms. The molecule has 0 saturated heterocycles. The third-order valence-electron chi connectivity index (χ3n) is 2.72. The Morgan fingerprint density at radius 2 is 1.82 bits per heavy atom. The molecular formula is C12H18ClNO2S. The van der Waals surface area contributed by atoms with Crippen molar-refractivity contribution in [3.8, 4) is 0 Å². The van der Waals surface area contributed by atoms with Gasteiger partial charge in [0.25, 0.3) is 0 Å². The fraction of sp³-hybridized carbons (Fsp3) is 0.500. The topological polar surface area (TPSA) is 46.2 Å². The zero-order valence-corrected chi connectivity index (χ0v) is 12.1. The van der Waals surface area contributed by atoms with Crippen LogP contribution in [0.15, 0.2) is 23.1 Å². The third-order valence-corrected chi connectivity index (χ3v) is 4.76. The van der Waals surface area contributed by atoms with Gasteiger partial charge in [-0.2, -0.15) is 0 Å². The van der Waals surface area contributed by atoms with E-state index in [1.807, 2.05) is 27.7 Å². The van der Waals surface area contributed by atoms with Gasteiger partial charge >= 0.3 is 0 Å². The average molecular weight is 276 g/mol. The zero-order valence-electron chi connectivity index (χ0n) is 10.5. The Hall–Kier alpha value is -0.580. The number of halogens is 1. The molecule has 1 unspecified atom stereocenters. The van der Waals surface area contributed by atoms with Crippen molar-refractivity contribution in [1.29, 1.82) is 0 Å². The highest BCUT2D eigenvalue weighted by atomic mass is 35.5. The fourth-order valence-electron chi connectivity index (χ4n) is 1.27. The number of benzene rings is 1. The normalized spacial score (nSPS) is 14.0. The molecule has 0 spiro atoms. The molecule has 0 aromatic heterocycles. The van der Waals surface area contributed by atoms with E-state index in [4.69, 9.17) is 11.6 Å². The highest BCUT2D eigenvalue weighted by Crippen LogP contribution is 2.22. The lowest BCUT2D eigenvalue weighted by atomic mass is 10.1. The highest BCUT2D eigenvalue weighted by Gasteiger charge is 2.21. The van der Waals surface area contributed by atoms with E-state index >= 15 is 0 Å². The molecule has 0 fully saturated rings. The van der Waals surface area contributed by atoms with Gasteiger partial charge in [-0.05, 0) is 37.5 Å². The van der Waals surface area contributed by atoms with Gasteiger partial charge in [-0.15, -0.1) is 0 Å². The third kappa shape index (κ3) is 3.69. The van der Waals surface area contributed by atoms with Gasteiger partial charge < -0.3 is 0 Å². The van der Waals surface area contributed by atoms with Gasteiger partial charge in [-0.1, -0.05) is 31.5 Å². The minimum atomic E-state index is -3.53. The monoisotopic (exact) mass is 275 g/mol. The Bertz CT molecular complexity index is 497. The molecule has 0 radical (unpaired) electrons. The lowest BCUT2D eigenvalue weighted by molar-refractivity contribution is 0.476. The van der Waals surface area contributed by atoms with Crippen LogP contribution in [-0.2, 0) is 10.0 Å². The van der Waals surface area contributed by atoms with Gasteiger partial charge in [-0.3, -0.25) is 0 Å². The Morgan fingerprint density at radius 1 is 1.24 bits per heavy atom.